The summed E-state index contributed by atoms with van der Waals surface area (Å²) in [4.78, 5) is 11.1. The van der Waals surface area contributed by atoms with Crippen LogP contribution in [0.2, 0.25) is 0 Å². The minimum Gasteiger partial charge on any atom is -0.338 e. The van der Waals surface area contributed by atoms with Gasteiger partial charge >= 0.3 is 0 Å². The van der Waals surface area contributed by atoms with Crippen LogP contribution in [0, 0.1) is 0 Å². The lowest BCUT2D eigenvalue weighted by Gasteiger charge is -2.32. The first-order valence-electron chi connectivity index (χ1n) is 7.40. The third kappa shape index (κ3) is 3.12. The van der Waals surface area contributed by atoms with E-state index in [0.29, 0.717) is 5.92 Å². The van der Waals surface area contributed by atoms with E-state index in [2.05, 4.69) is 24.5 Å². The third-order valence-corrected chi connectivity index (χ3v) is 4.09. The topological polar surface area (TPSA) is 51.8 Å². The molecule has 0 aromatic carbocycles. The van der Waals surface area contributed by atoms with E-state index in [9.17, 15) is 4.39 Å². The van der Waals surface area contributed by atoms with Gasteiger partial charge in [-0.1, -0.05) is 0 Å². The fourth-order valence-electron chi connectivity index (χ4n) is 3.06. The number of aryl methyl sites for hydroxylation is 2. The van der Waals surface area contributed by atoms with Crippen molar-refractivity contribution in [3.8, 4) is 0 Å². The van der Waals surface area contributed by atoms with E-state index >= 15 is 0 Å². The van der Waals surface area contributed by atoms with Gasteiger partial charge in [-0.25, -0.2) is 19.0 Å². The summed E-state index contributed by atoms with van der Waals surface area (Å²) in [5.41, 5.74) is 0. The first-order chi connectivity index (χ1) is 10.3. The summed E-state index contributed by atoms with van der Waals surface area (Å²) in [6.45, 7) is 2.61. The van der Waals surface area contributed by atoms with E-state index in [4.69, 9.17) is 0 Å². The van der Waals surface area contributed by atoms with E-state index in [1.54, 1.807) is 4.68 Å². The van der Waals surface area contributed by atoms with Crippen molar-refractivity contribution in [3.63, 3.8) is 0 Å². The molecule has 1 saturated heterocycles. The Morgan fingerprint density at radius 3 is 3.05 bits per heavy atom. The predicted octanol–water partition coefficient (Wildman–Crippen LogP) is 1.36. The molecular formula is C14H21FN6. The molecule has 0 aliphatic carbocycles. The summed E-state index contributed by atoms with van der Waals surface area (Å²) in [6.07, 6.45) is 7.66. The molecule has 114 valence electrons. The Labute approximate surface area is 123 Å². The zero-order chi connectivity index (χ0) is 14.7. The highest BCUT2D eigenvalue weighted by molar-refractivity contribution is 5.03. The van der Waals surface area contributed by atoms with E-state index in [1.165, 1.54) is 12.7 Å². The van der Waals surface area contributed by atoms with Crippen LogP contribution in [0.1, 0.15) is 30.4 Å². The maximum absolute atomic E-state index is 12.5. The van der Waals surface area contributed by atoms with E-state index in [0.717, 1.165) is 37.7 Å². The van der Waals surface area contributed by atoms with Crippen molar-refractivity contribution < 1.29 is 4.39 Å². The van der Waals surface area contributed by atoms with Crippen LogP contribution >= 0.6 is 0 Å². The van der Waals surface area contributed by atoms with Gasteiger partial charge in [0.2, 0.25) is 0 Å². The Morgan fingerprint density at radius 2 is 2.29 bits per heavy atom. The number of alkyl halides is 1. The molecule has 0 unspecified atom stereocenters. The molecule has 21 heavy (non-hydrogen) atoms. The molecular weight excluding hydrogens is 271 g/mol. The second-order valence-corrected chi connectivity index (χ2v) is 5.56. The largest absolute Gasteiger partial charge is 0.338 e. The molecule has 0 amide bonds. The zero-order valence-corrected chi connectivity index (χ0v) is 12.3. The van der Waals surface area contributed by atoms with Crippen molar-refractivity contribution in [1.29, 1.82) is 0 Å². The molecule has 0 spiro atoms. The van der Waals surface area contributed by atoms with Gasteiger partial charge in [0.05, 0.1) is 13.1 Å². The Bertz CT molecular complexity index is 578. The van der Waals surface area contributed by atoms with Crippen LogP contribution in [0.15, 0.2) is 18.7 Å². The average Bonchev–Trinajstić information content (AvgIpc) is 3.09. The molecule has 1 aliphatic rings. The maximum atomic E-state index is 12.5. The van der Waals surface area contributed by atoms with Gasteiger partial charge in [-0.2, -0.15) is 5.10 Å². The first kappa shape index (κ1) is 14.2. The minimum atomic E-state index is -0.410. The molecule has 0 N–H and O–H groups in total. The average molecular weight is 292 g/mol. The number of nitrogens with zero attached hydrogens (tertiary/aromatic N) is 6. The number of rotatable bonds is 5. The van der Waals surface area contributed by atoms with Crippen molar-refractivity contribution in [2.75, 3.05) is 19.8 Å². The van der Waals surface area contributed by atoms with Crippen LogP contribution in [0.25, 0.3) is 0 Å². The van der Waals surface area contributed by atoms with Crippen LogP contribution in [0.3, 0.4) is 0 Å². The molecule has 3 heterocycles. The van der Waals surface area contributed by atoms with Crippen molar-refractivity contribution in [3.05, 3.63) is 30.4 Å². The van der Waals surface area contributed by atoms with Gasteiger partial charge in [0.1, 0.15) is 24.7 Å². The van der Waals surface area contributed by atoms with E-state index in [1.807, 2.05) is 19.4 Å². The summed E-state index contributed by atoms with van der Waals surface area (Å²) in [7, 11) is 2.04. The molecule has 3 rings (SSSR count). The predicted molar refractivity (Wildman–Crippen MR) is 76.5 cm³/mol. The van der Waals surface area contributed by atoms with Crippen LogP contribution in [-0.4, -0.2) is 49.0 Å². The number of imidazole rings is 1. The number of likely N-dealkylation sites (tertiary alicyclic amines) is 1. The molecule has 1 aliphatic heterocycles. The van der Waals surface area contributed by atoms with Crippen LogP contribution < -0.4 is 0 Å². The molecule has 0 bridgehead atoms. The van der Waals surface area contributed by atoms with E-state index in [-0.39, 0.29) is 6.54 Å². The second-order valence-electron chi connectivity index (χ2n) is 5.56. The fraction of sp³-hybridized carbons (Fsp3) is 0.643. The van der Waals surface area contributed by atoms with Gasteiger partial charge in [0.25, 0.3) is 0 Å². The van der Waals surface area contributed by atoms with Crippen LogP contribution in [0.4, 0.5) is 4.39 Å². The Balaban J connectivity index is 1.66. The summed E-state index contributed by atoms with van der Waals surface area (Å²) >= 11 is 0. The SMILES string of the molecule is Cn1ccnc1[C@@H]1CCCN(Cc2ncnn2CCF)C1. The normalized spacial score (nSPS) is 20.0. The van der Waals surface area contributed by atoms with Crippen molar-refractivity contribution in [1.82, 2.24) is 29.2 Å². The zero-order valence-electron chi connectivity index (χ0n) is 12.3. The third-order valence-electron chi connectivity index (χ3n) is 4.09. The Morgan fingerprint density at radius 1 is 1.38 bits per heavy atom. The highest BCUT2D eigenvalue weighted by Crippen LogP contribution is 2.26. The lowest BCUT2D eigenvalue weighted by Crippen LogP contribution is -2.35. The van der Waals surface area contributed by atoms with Crippen LogP contribution in [0.5, 0.6) is 0 Å². The highest BCUT2D eigenvalue weighted by atomic mass is 19.1. The Kier molecular flexibility index (Phi) is 4.28. The van der Waals surface area contributed by atoms with Crippen LogP contribution in [-0.2, 0) is 20.1 Å². The lowest BCUT2D eigenvalue weighted by atomic mass is 9.97. The maximum Gasteiger partial charge on any atom is 0.141 e. The van der Waals surface area contributed by atoms with Gasteiger partial charge in [-0.3, -0.25) is 4.90 Å². The smallest absolute Gasteiger partial charge is 0.141 e. The molecule has 2 aromatic rings. The molecule has 0 saturated carbocycles. The van der Waals surface area contributed by atoms with Crippen molar-refractivity contribution >= 4 is 0 Å². The van der Waals surface area contributed by atoms with Gasteiger partial charge in [-0.05, 0) is 19.4 Å². The molecule has 2 aromatic heterocycles. The first-order valence-corrected chi connectivity index (χ1v) is 7.40. The molecule has 7 heteroatoms. The summed E-state index contributed by atoms with van der Waals surface area (Å²) in [5.74, 6) is 2.44. The van der Waals surface area contributed by atoms with Crippen molar-refractivity contribution in [2.45, 2.75) is 31.8 Å². The number of piperidine rings is 1. The van der Waals surface area contributed by atoms with Gasteiger partial charge < -0.3 is 4.57 Å². The lowest BCUT2D eigenvalue weighted by molar-refractivity contribution is 0.187. The minimum absolute atomic E-state index is 0.284. The van der Waals surface area contributed by atoms with E-state index < -0.39 is 6.67 Å². The van der Waals surface area contributed by atoms with Gasteiger partial charge in [-0.15, -0.1) is 0 Å². The highest BCUT2D eigenvalue weighted by Gasteiger charge is 2.25. The van der Waals surface area contributed by atoms with Crippen molar-refractivity contribution in [2.24, 2.45) is 7.05 Å². The standard InChI is InChI=1S/C14H21FN6/c1-19-8-5-16-14(19)12-3-2-6-20(9-12)10-13-17-11-18-21(13)7-4-15/h5,8,11-12H,2-4,6-7,9-10H2,1H3/t12-/m1/s1. The molecule has 6 nitrogen and oxygen atoms in total. The summed E-state index contributed by atoms with van der Waals surface area (Å²) in [6, 6.07) is 0. The monoisotopic (exact) mass is 292 g/mol. The quantitative estimate of drug-likeness (QED) is 0.835. The Hall–Kier alpha value is -1.76. The molecule has 1 fully saturated rings. The molecule has 0 radical (unpaired) electrons. The van der Waals surface area contributed by atoms with Gasteiger partial charge in [0, 0.05) is 31.9 Å². The second kappa shape index (κ2) is 6.34. The number of hydrogen-bond donors (Lipinski definition) is 0. The number of hydrogen-bond acceptors (Lipinski definition) is 4. The summed E-state index contributed by atoms with van der Waals surface area (Å²) < 4.78 is 16.2. The summed E-state index contributed by atoms with van der Waals surface area (Å²) in [5, 5.41) is 4.08. The fourth-order valence-corrected chi connectivity index (χ4v) is 3.06. The number of aromatic nitrogens is 5. The molecule has 1 atom stereocenters. The van der Waals surface area contributed by atoms with Gasteiger partial charge in [0.15, 0.2) is 0 Å². The number of halogens is 1.